The van der Waals surface area contributed by atoms with Crippen molar-refractivity contribution in [2.45, 2.75) is 297 Å². The van der Waals surface area contributed by atoms with Crippen LogP contribution in [0.4, 0.5) is 0 Å². The molecule has 0 fully saturated rings. The number of hydrogen-bond acceptors (Lipinski definition) is 6. The van der Waals surface area contributed by atoms with Crippen LogP contribution in [0, 0.1) is 0 Å². The number of esters is 3. The fourth-order valence-corrected chi connectivity index (χ4v) is 8.58. The van der Waals surface area contributed by atoms with Crippen LogP contribution in [0.5, 0.6) is 0 Å². The molecule has 0 bridgehead atoms. The third kappa shape index (κ3) is 60.8. The van der Waals surface area contributed by atoms with Crippen molar-refractivity contribution in [3.8, 4) is 0 Å². The molecule has 0 radical (unpaired) electrons. The second-order valence-corrected chi connectivity index (χ2v) is 20.5. The lowest BCUT2D eigenvalue weighted by molar-refractivity contribution is -0.167. The predicted octanol–water partition coefficient (Wildman–Crippen LogP) is 21.4. The second-order valence-electron chi connectivity index (χ2n) is 20.5. The molecule has 0 aromatic heterocycles. The molecular weight excluding hydrogens is 925 g/mol. The molecule has 6 heteroatoms. The summed E-state index contributed by atoms with van der Waals surface area (Å²) in [5.74, 6) is -0.901. The van der Waals surface area contributed by atoms with Gasteiger partial charge in [-0.1, -0.05) is 265 Å². The van der Waals surface area contributed by atoms with E-state index in [0.29, 0.717) is 19.3 Å². The van der Waals surface area contributed by atoms with Crippen molar-refractivity contribution in [1.29, 1.82) is 0 Å². The van der Waals surface area contributed by atoms with Crippen LogP contribution in [0.1, 0.15) is 290 Å². The molecule has 75 heavy (non-hydrogen) atoms. The van der Waals surface area contributed by atoms with Crippen LogP contribution >= 0.6 is 0 Å². The van der Waals surface area contributed by atoms with Crippen molar-refractivity contribution in [3.05, 3.63) is 109 Å². The number of unbranched alkanes of at least 4 members (excludes halogenated alkanes) is 27. The Morgan fingerprint density at radius 3 is 0.827 bits per heavy atom. The van der Waals surface area contributed by atoms with Gasteiger partial charge in [-0.05, 0) is 116 Å². The number of hydrogen-bond donors (Lipinski definition) is 0. The van der Waals surface area contributed by atoms with Gasteiger partial charge in [-0.15, -0.1) is 0 Å². The fourth-order valence-electron chi connectivity index (χ4n) is 8.58. The molecule has 0 saturated heterocycles. The SMILES string of the molecule is CC/C=C\C/C=C\C/C=C\C/C=C\C/C=C\CCCCCCCCCCCCCCCC(=O)OCC(COC(=O)CCCCCCC/C=C\CCCC)OC(=O)CCCCCCCCC/C=C\C/C=C\C/C=C\CC. The minimum Gasteiger partial charge on any atom is -0.462 e. The molecule has 1 atom stereocenters. The minimum atomic E-state index is -0.788. The van der Waals surface area contributed by atoms with Crippen molar-refractivity contribution >= 4 is 17.9 Å². The lowest BCUT2D eigenvalue weighted by Crippen LogP contribution is -2.30. The first-order valence-corrected chi connectivity index (χ1v) is 31.4. The highest BCUT2D eigenvalue weighted by atomic mass is 16.6. The molecule has 0 rings (SSSR count). The molecule has 0 N–H and O–H groups in total. The van der Waals surface area contributed by atoms with Gasteiger partial charge in [-0.3, -0.25) is 14.4 Å². The number of carbonyl (C=O) groups is 3. The first-order chi connectivity index (χ1) is 37.0. The summed E-state index contributed by atoms with van der Waals surface area (Å²) in [5.41, 5.74) is 0. The van der Waals surface area contributed by atoms with Gasteiger partial charge in [0, 0.05) is 19.3 Å². The summed E-state index contributed by atoms with van der Waals surface area (Å²) in [7, 11) is 0. The third-order valence-electron chi connectivity index (χ3n) is 13.2. The summed E-state index contributed by atoms with van der Waals surface area (Å²) in [4.78, 5) is 38.2. The first-order valence-electron chi connectivity index (χ1n) is 31.4. The average Bonchev–Trinajstić information content (AvgIpc) is 3.41. The quantitative estimate of drug-likeness (QED) is 0.0261. The van der Waals surface area contributed by atoms with Gasteiger partial charge in [-0.25, -0.2) is 0 Å². The van der Waals surface area contributed by atoms with E-state index in [1.807, 2.05) is 0 Å². The molecule has 0 spiro atoms. The van der Waals surface area contributed by atoms with Crippen molar-refractivity contribution in [1.82, 2.24) is 0 Å². The van der Waals surface area contributed by atoms with E-state index in [0.717, 1.165) is 122 Å². The molecular formula is C69H116O6. The lowest BCUT2D eigenvalue weighted by atomic mass is 10.0. The summed E-state index contributed by atoms with van der Waals surface area (Å²) in [6.07, 6.45) is 85.3. The Bertz CT molecular complexity index is 1520. The highest BCUT2D eigenvalue weighted by Crippen LogP contribution is 2.16. The van der Waals surface area contributed by atoms with Gasteiger partial charge in [0.2, 0.25) is 0 Å². The smallest absolute Gasteiger partial charge is 0.306 e. The Kier molecular flexibility index (Phi) is 59.3. The van der Waals surface area contributed by atoms with E-state index in [-0.39, 0.29) is 31.1 Å². The highest BCUT2D eigenvalue weighted by Gasteiger charge is 2.19. The van der Waals surface area contributed by atoms with Crippen LogP contribution in [0.3, 0.4) is 0 Å². The summed E-state index contributed by atoms with van der Waals surface area (Å²) in [6, 6.07) is 0. The Hall–Kier alpha value is -3.93. The number of rotatable bonds is 56. The van der Waals surface area contributed by atoms with E-state index < -0.39 is 6.10 Å². The third-order valence-corrected chi connectivity index (χ3v) is 13.2. The topological polar surface area (TPSA) is 78.9 Å². The maximum Gasteiger partial charge on any atom is 0.306 e. The van der Waals surface area contributed by atoms with Gasteiger partial charge < -0.3 is 14.2 Å². The standard InChI is InChI=1S/C69H116O6/c1-4-7-10-13-16-19-22-24-26-28-29-30-31-32-33-34-35-36-37-38-39-41-42-44-47-50-53-56-59-62-68(71)74-65-66(64-73-67(70)61-58-55-52-49-46-21-18-15-12-9-6-3)75-69(72)63-60-57-54-51-48-45-43-40-27-25-23-20-17-14-11-8-5-2/h7-8,10-11,15-20,24-27,29-30,32-33,66H,4-6,9,12-14,21-23,28,31,34-65H2,1-3H3/b10-7-,11-8-,18-15-,19-16-,20-17-,26-24-,27-25-,30-29-,33-32-. The van der Waals surface area contributed by atoms with E-state index in [4.69, 9.17) is 14.2 Å². The summed E-state index contributed by atoms with van der Waals surface area (Å²) in [6.45, 7) is 6.38. The molecule has 0 aliphatic carbocycles. The van der Waals surface area contributed by atoms with Crippen LogP contribution in [0.15, 0.2) is 109 Å². The van der Waals surface area contributed by atoms with Crippen LogP contribution in [0.25, 0.3) is 0 Å². The van der Waals surface area contributed by atoms with Crippen molar-refractivity contribution in [2.24, 2.45) is 0 Å². The van der Waals surface area contributed by atoms with Crippen molar-refractivity contribution in [2.75, 3.05) is 13.2 Å². The zero-order valence-electron chi connectivity index (χ0n) is 49.0. The van der Waals surface area contributed by atoms with E-state index >= 15 is 0 Å². The minimum absolute atomic E-state index is 0.0849. The normalized spacial score (nSPS) is 12.8. The van der Waals surface area contributed by atoms with Gasteiger partial charge in [0.15, 0.2) is 6.10 Å². The van der Waals surface area contributed by atoms with Crippen LogP contribution < -0.4 is 0 Å². The molecule has 0 heterocycles. The van der Waals surface area contributed by atoms with Gasteiger partial charge >= 0.3 is 17.9 Å². The molecule has 6 nitrogen and oxygen atoms in total. The maximum atomic E-state index is 12.9. The summed E-state index contributed by atoms with van der Waals surface area (Å²) < 4.78 is 16.9. The fraction of sp³-hybridized carbons (Fsp3) is 0.696. The molecule has 0 aliphatic heterocycles. The van der Waals surface area contributed by atoms with Crippen LogP contribution in [-0.4, -0.2) is 37.2 Å². The van der Waals surface area contributed by atoms with E-state index in [9.17, 15) is 14.4 Å². The monoisotopic (exact) mass is 1040 g/mol. The maximum absolute atomic E-state index is 12.9. The molecule has 0 aromatic rings. The van der Waals surface area contributed by atoms with E-state index in [1.54, 1.807) is 0 Å². The Labute approximate surface area is 463 Å². The van der Waals surface area contributed by atoms with Crippen LogP contribution in [-0.2, 0) is 28.6 Å². The largest absolute Gasteiger partial charge is 0.462 e. The van der Waals surface area contributed by atoms with Crippen molar-refractivity contribution in [3.63, 3.8) is 0 Å². The molecule has 0 amide bonds. The Morgan fingerprint density at radius 1 is 0.280 bits per heavy atom. The zero-order valence-corrected chi connectivity index (χ0v) is 49.0. The number of allylic oxidation sites excluding steroid dienone is 18. The molecule has 0 saturated carbocycles. The molecule has 1 unspecified atom stereocenters. The Morgan fingerprint density at radius 2 is 0.520 bits per heavy atom. The average molecular weight is 1040 g/mol. The molecule has 0 aromatic carbocycles. The van der Waals surface area contributed by atoms with Gasteiger partial charge in [0.1, 0.15) is 13.2 Å². The second kappa shape index (κ2) is 62.6. The van der Waals surface area contributed by atoms with Crippen LogP contribution in [0.2, 0.25) is 0 Å². The van der Waals surface area contributed by atoms with Crippen molar-refractivity contribution < 1.29 is 28.6 Å². The first kappa shape index (κ1) is 71.1. The summed E-state index contributed by atoms with van der Waals surface area (Å²) >= 11 is 0. The molecule has 428 valence electrons. The Balaban J connectivity index is 4.23. The predicted molar refractivity (Wildman–Crippen MR) is 325 cm³/mol. The molecule has 0 aliphatic rings. The van der Waals surface area contributed by atoms with Gasteiger partial charge in [0.25, 0.3) is 0 Å². The summed E-state index contributed by atoms with van der Waals surface area (Å²) in [5, 5.41) is 0. The number of ether oxygens (including phenoxy) is 3. The number of carbonyl (C=O) groups excluding carboxylic acids is 3. The van der Waals surface area contributed by atoms with Gasteiger partial charge in [-0.2, -0.15) is 0 Å². The lowest BCUT2D eigenvalue weighted by Gasteiger charge is -2.18. The van der Waals surface area contributed by atoms with Gasteiger partial charge in [0.05, 0.1) is 0 Å². The van der Waals surface area contributed by atoms with E-state index in [1.165, 1.54) is 128 Å². The van der Waals surface area contributed by atoms with E-state index in [2.05, 4.69) is 130 Å². The highest BCUT2D eigenvalue weighted by molar-refractivity contribution is 5.71. The zero-order chi connectivity index (χ0) is 54.3.